The van der Waals surface area contributed by atoms with Crippen LogP contribution in [0.2, 0.25) is 0 Å². The third kappa shape index (κ3) is 2.38. The Morgan fingerprint density at radius 1 is 1.44 bits per heavy atom. The number of fused-ring (bicyclic) bond motifs is 1. The van der Waals surface area contributed by atoms with Crippen molar-refractivity contribution >= 4 is 17.3 Å². The van der Waals surface area contributed by atoms with Crippen LogP contribution in [0.3, 0.4) is 0 Å². The molecule has 0 radical (unpaired) electrons. The van der Waals surface area contributed by atoms with Crippen LogP contribution in [0.25, 0.3) is 0 Å². The number of benzene rings is 1. The lowest BCUT2D eigenvalue weighted by atomic mass is 10.1. The Morgan fingerprint density at radius 2 is 2.22 bits per heavy atom. The number of hydrogen-bond donors (Lipinski definition) is 1. The van der Waals surface area contributed by atoms with Gasteiger partial charge in [0, 0.05) is 20.1 Å². The van der Waals surface area contributed by atoms with Crippen molar-refractivity contribution in [3.63, 3.8) is 0 Å². The van der Waals surface area contributed by atoms with Crippen molar-refractivity contribution in [2.45, 2.75) is 6.42 Å². The third-order valence-electron chi connectivity index (χ3n) is 3.10. The van der Waals surface area contributed by atoms with E-state index < -0.39 is 5.97 Å². The van der Waals surface area contributed by atoms with Crippen molar-refractivity contribution in [2.24, 2.45) is 0 Å². The van der Waals surface area contributed by atoms with Gasteiger partial charge in [0.05, 0.1) is 23.0 Å². The van der Waals surface area contributed by atoms with Crippen molar-refractivity contribution < 1.29 is 9.90 Å². The lowest BCUT2D eigenvalue weighted by Crippen LogP contribution is -2.30. The second-order valence-electron chi connectivity index (χ2n) is 4.41. The summed E-state index contributed by atoms with van der Waals surface area (Å²) in [6.07, 6.45) is 0.903. The summed E-state index contributed by atoms with van der Waals surface area (Å²) in [5.41, 5.74) is 2.36. The maximum absolute atomic E-state index is 10.9. The van der Waals surface area contributed by atoms with Crippen LogP contribution in [0.1, 0.15) is 12.0 Å². The standard InChI is InChI=1S/C13H15N3O2/c1-15-5-2-6-16(9-13(17)18)12-7-10(8-14)3-4-11(12)15/h3-4,7H,2,5-6,9H2,1H3,(H,17,18). The summed E-state index contributed by atoms with van der Waals surface area (Å²) in [6.45, 7) is 1.54. The SMILES string of the molecule is CN1CCCN(CC(=O)O)c2cc(C#N)ccc21. The quantitative estimate of drug-likeness (QED) is 0.850. The van der Waals surface area contributed by atoms with E-state index in [2.05, 4.69) is 11.0 Å². The predicted molar refractivity (Wildman–Crippen MR) is 68.9 cm³/mol. The minimum atomic E-state index is -0.854. The fourth-order valence-corrected chi connectivity index (χ4v) is 2.24. The first kappa shape index (κ1) is 12.2. The van der Waals surface area contributed by atoms with Gasteiger partial charge in [-0.15, -0.1) is 0 Å². The summed E-state index contributed by atoms with van der Waals surface area (Å²) < 4.78 is 0. The van der Waals surface area contributed by atoms with Crippen LogP contribution in [0.15, 0.2) is 18.2 Å². The monoisotopic (exact) mass is 245 g/mol. The van der Waals surface area contributed by atoms with E-state index in [1.807, 2.05) is 18.0 Å². The molecule has 18 heavy (non-hydrogen) atoms. The van der Waals surface area contributed by atoms with Gasteiger partial charge in [0.15, 0.2) is 0 Å². The number of carboxylic acids is 1. The molecule has 0 amide bonds. The normalized spacial score (nSPS) is 14.7. The van der Waals surface area contributed by atoms with E-state index in [0.29, 0.717) is 12.1 Å². The van der Waals surface area contributed by atoms with Crippen molar-refractivity contribution in [3.05, 3.63) is 23.8 Å². The molecule has 5 heteroatoms. The Labute approximate surface area is 106 Å². The largest absolute Gasteiger partial charge is 0.480 e. The van der Waals surface area contributed by atoms with Gasteiger partial charge in [-0.05, 0) is 24.6 Å². The second kappa shape index (κ2) is 4.96. The molecule has 0 bridgehead atoms. The summed E-state index contributed by atoms with van der Waals surface area (Å²) in [5.74, 6) is -0.854. The van der Waals surface area contributed by atoms with E-state index in [4.69, 9.17) is 10.4 Å². The van der Waals surface area contributed by atoms with Gasteiger partial charge in [0.1, 0.15) is 6.54 Å². The number of nitriles is 1. The number of carbonyl (C=O) groups is 1. The molecule has 1 aromatic rings. The fraction of sp³-hybridized carbons (Fsp3) is 0.385. The molecule has 94 valence electrons. The number of anilines is 2. The topological polar surface area (TPSA) is 67.6 Å². The molecule has 1 N–H and O–H groups in total. The van der Waals surface area contributed by atoms with Crippen LogP contribution in [-0.4, -0.2) is 37.8 Å². The lowest BCUT2D eigenvalue weighted by molar-refractivity contribution is -0.135. The first-order valence-corrected chi connectivity index (χ1v) is 5.84. The molecule has 2 rings (SSSR count). The highest BCUT2D eigenvalue weighted by molar-refractivity contribution is 5.80. The summed E-state index contributed by atoms with van der Waals surface area (Å²) in [6, 6.07) is 7.50. The number of rotatable bonds is 2. The van der Waals surface area contributed by atoms with E-state index in [0.717, 1.165) is 24.3 Å². The molecule has 1 aliphatic heterocycles. The molecule has 0 saturated heterocycles. The van der Waals surface area contributed by atoms with Crippen molar-refractivity contribution in [3.8, 4) is 6.07 Å². The summed E-state index contributed by atoms with van der Waals surface area (Å²) >= 11 is 0. The average molecular weight is 245 g/mol. The van der Waals surface area contributed by atoms with Gasteiger partial charge in [-0.25, -0.2) is 0 Å². The van der Waals surface area contributed by atoms with Gasteiger partial charge < -0.3 is 14.9 Å². The lowest BCUT2D eigenvalue weighted by Gasteiger charge is -2.24. The summed E-state index contributed by atoms with van der Waals surface area (Å²) in [7, 11) is 1.98. The highest BCUT2D eigenvalue weighted by atomic mass is 16.4. The molecular weight excluding hydrogens is 230 g/mol. The molecule has 0 spiro atoms. The first-order valence-electron chi connectivity index (χ1n) is 5.84. The van der Waals surface area contributed by atoms with Crippen LogP contribution >= 0.6 is 0 Å². The van der Waals surface area contributed by atoms with Crippen LogP contribution in [-0.2, 0) is 4.79 Å². The van der Waals surface area contributed by atoms with Crippen molar-refractivity contribution in [2.75, 3.05) is 36.5 Å². The molecule has 0 aliphatic carbocycles. The number of carboxylic acid groups (broad SMARTS) is 1. The highest BCUT2D eigenvalue weighted by Gasteiger charge is 2.20. The Morgan fingerprint density at radius 3 is 2.89 bits per heavy atom. The van der Waals surface area contributed by atoms with Gasteiger partial charge in [0.25, 0.3) is 0 Å². The number of hydrogen-bond acceptors (Lipinski definition) is 4. The zero-order valence-corrected chi connectivity index (χ0v) is 10.3. The molecule has 5 nitrogen and oxygen atoms in total. The zero-order chi connectivity index (χ0) is 13.1. The minimum Gasteiger partial charge on any atom is -0.480 e. The Bertz CT molecular complexity index is 507. The first-order chi connectivity index (χ1) is 8.61. The molecule has 0 saturated carbocycles. The van der Waals surface area contributed by atoms with Gasteiger partial charge in [-0.3, -0.25) is 4.79 Å². The molecular formula is C13H15N3O2. The van der Waals surface area contributed by atoms with Gasteiger partial charge in [-0.2, -0.15) is 5.26 Å². The molecule has 0 aromatic heterocycles. The van der Waals surface area contributed by atoms with Crippen LogP contribution < -0.4 is 9.80 Å². The van der Waals surface area contributed by atoms with Gasteiger partial charge >= 0.3 is 5.97 Å². The molecule has 1 aromatic carbocycles. The Balaban J connectivity index is 2.45. The van der Waals surface area contributed by atoms with E-state index >= 15 is 0 Å². The maximum atomic E-state index is 10.9. The van der Waals surface area contributed by atoms with Crippen LogP contribution in [0.5, 0.6) is 0 Å². The van der Waals surface area contributed by atoms with E-state index in [1.54, 1.807) is 12.1 Å². The molecule has 1 aliphatic rings. The van der Waals surface area contributed by atoms with Crippen molar-refractivity contribution in [1.29, 1.82) is 5.26 Å². The Hall–Kier alpha value is -2.22. The molecule has 0 fully saturated rings. The molecule has 0 atom stereocenters. The minimum absolute atomic E-state index is 0.0320. The second-order valence-corrected chi connectivity index (χ2v) is 4.41. The van der Waals surface area contributed by atoms with Crippen LogP contribution in [0.4, 0.5) is 11.4 Å². The number of nitrogens with zero attached hydrogens (tertiary/aromatic N) is 3. The highest BCUT2D eigenvalue weighted by Crippen LogP contribution is 2.32. The number of aliphatic carboxylic acids is 1. The third-order valence-corrected chi connectivity index (χ3v) is 3.10. The van der Waals surface area contributed by atoms with Crippen molar-refractivity contribution in [1.82, 2.24) is 0 Å². The van der Waals surface area contributed by atoms with E-state index in [1.165, 1.54) is 0 Å². The van der Waals surface area contributed by atoms with Crippen LogP contribution in [0, 0.1) is 11.3 Å². The van der Waals surface area contributed by atoms with Gasteiger partial charge in [-0.1, -0.05) is 0 Å². The maximum Gasteiger partial charge on any atom is 0.323 e. The van der Waals surface area contributed by atoms with E-state index in [-0.39, 0.29) is 6.54 Å². The summed E-state index contributed by atoms with van der Waals surface area (Å²) in [5, 5.41) is 17.9. The Kier molecular flexibility index (Phi) is 3.38. The average Bonchev–Trinajstić information content (AvgIpc) is 2.49. The molecule has 0 unspecified atom stereocenters. The molecule has 1 heterocycles. The zero-order valence-electron chi connectivity index (χ0n) is 10.3. The smallest absolute Gasteiger partial charge is 0.323 e. The fourth-order valence-electron chi connectivity index (χ4n) is 2.24. The summed E-state index contributed by atoms with van der Waals surface area (Å²) in [4.78, 5) is 14.8. The van der Waals surface area contributed by atoms with E-state index in [9.17, 15) is 4.79 Å². The van der Waals surface area contributed by atoms with Gasteiger partial charge in [0.2, 0.25) is 0 Å². The predicted octanol–water partition coefficient (Wildman–Crippen LogP) is 1.29.